The van der Waals surface area contributed by atoms with E-state index in [1.807, 2.05) is 24.8 Å². The van der Waals surface area contributed by atoms with Crippen LogP contribution in [0.1, 0.15) is 24.4 Å². The van der Waals surface area contributed by atoms with Crippen molar-refractivity contribution in [2.45, 2.75) is 19.8 Å². The van der Waals surface area contributed by atoms with Gasteiger partial charge in [-0.25, -0.2) is 9.97 Å². The van der Waals surface area contributed by atoms with Crippen LogP contribution in [0.15, 0.2) is 6.07 Å². The average Bonchev–Trinajstić information content (AvgIpc) is 1.99. The molecule has 0 aromatic carbocycles. The molecule has 1 aromatic rings. The maximum absolute atomic E-state index is 4.51. The Labute approximate surface area is 88.7 Å². The van der Waals surface area contributed by atoms with Crippen LogP contribution in [0.25, 0.3) is 0 Å². The molecule has 0 atom stereocenters. The Hall–Kier alpha value is -0.770. The molecule has 0 aliphatic carbocycles. The van der Waals surface area contributed by atoms with E-state index in [2.05, 4.69) is 22.2 Å². The largest absolute Gasteiger partial charge is 0.370 e. The van der Waals surface area contributed by atoms with Crippen LogP contribution >= 0.6 is 11.8 Å². The molecule has 0 bridgehead atoms. The minimum absolute atomic E-state index is 0.581. The summed E-state index contributed by atoms with van der Waals surface area (Å²) in [6, 6.07) is 2.00. The van der Waals surface area contributed by atoms with Gasteiger partial charge in [0.15, 0.2) is 0 Å². The van der Waals surface area contributed by atoms with E-state index in [1.165, 1.54) is 11.5 Å². The summed E-state index contributed by atoms with van der Waals surface area (Å²) in [6.07, 6.45) is 0. The van der Waals surface area contributed by atoms with Crippen LogP contribution in [0.4, 0.5) is 5.82 Å². The minimum atomic E-state index is 0.581. The molecule has 1 saturated heterocycles. The Bertz CT molecular complexity index is 323. The number of aromatic nitrogens is 2. The lowest BCUT2D eigenvalue weighted by molar-refractivity contribution is 0.757. The lowest BCUT2D eigenvalue weighted by atomic mass is 10.2. The lowest BCUT2D eigenvalue weighted by Gasteiger charge is -2.23. The number of hydrogen-bond donors (Lipinski definition) is 1. The monoisotopic (exact) mass is 209 g/mol. The SMILES string of the molecule is CCNc1cc(C)nc(C2CSC2)n1. The first kappa shape index (κ1) is 9.77. The normalized spacial score (nSPS) is 16.4. The van der Waals surface area contributed by atoms with Gasteiger partial charge in [-0.1, -0.05) is 0 Å². The van der Waals surface area contributed by atoms with Crippen LogP contribution in [0.2, 0.25) is 0 Å². The first-order valence-electron chi connectivity index (χ1n) is 4.96. The number of thioether (sulfide) groups is 1. The Morgan fingerprint density at radius 1 is 1.50 bits per heavy atom. The number of nitrogens with one attached hydrogen (secondary N) is 1. The predicted octanol–water partition coefficient (Wildman–Crippen LogP) is 2.05. The first-order valence-corrected chi connectivity index (χ1v) is 6.12. The van der Waals surface area contributed by atoms with Gasteiger partial charge in [0, 0.05) is 35.7 Å². The maximum Gasteiger partial charge on any atom is 0.135 e. The Balaban J connectivity index is 2.21. The first-order chi connectivity index (χ1) is 6.79. The second-order valence-corrected chi connectivity index (χ2v) is 4.59. The Morgan fingerprint density at radius 2 is 2.29 bits per heavy atom. The number of anilines is 1. The summed E-state index contributed by atoms with van der Waals surface area (Å²) < 4.78 is 0. The molecule has 0 amide bonds. The molecular formula is C10H15N3S. The summed E-state index contributed by atoms with van der Waals surface area (Å²) >= 11 is 1.96. The number of hydrogen-bond acceptors (Lipinski definition) is 4. The summed E-state index contributed by atoms with van der Waals surface area (Å²) in [7, 11) is 0. The highest BCUT2D eigenvalue weighted by Gasteiger charge is 2.23. The van der Waals surface area contributed by atoms with Gasteiger partial charge in [-0.2, -0.15) is 11.8 Å². The molecule has 0 unspecified atom stereocenters. The van der Waals surface area contributed by atoms with Crippen LogP contribution in [0, 0.1) is 6.92 Å². The van der Waals surface area contributed by atoms with Crippen molar-refractivity contribution in [3.8, 4) is 0 Å². The third-order valence-electron chi connectivity index (χ3n) is 2.23. The summed E-state index contributed by atoms with van der Waals surface area (Å²) in [5, 5.41) is 3.23. The van der Waals surface area contributed by atoms with Crippen molar-refractivity contribution in [1.82, 2.24) is 9.97 Å². The molecule has 2 heterocycles. The van der Waals surface area contributed by atoms with Crippen molar-refractivity contribution >= 4 is 17.6 Å². The highest BCUT2D eigenvalue weighted by molar-refractivity contribution is 8.00. The zero-order valence-corrected chi connectivity index (χ0v) is 9.40. The van der Waals surface area contributed by atoms with Gasteiger partial charge in [0.2, 0.25) is 0 Å². The van der Waals surface area contributed by atoms with Crippen LogP contribution < -0.4 is 5.32 Å². The van der Waals surface area contributed by atoms with Crippen LogP contribution in [-0.4, -0.2) is 28.0 Å². The van der Waals surface area contributed by atoms with Gasteiger partial charge in [-0.05, 0) is 13.8 Å². The molecule has 2 rings (SSSR count). The molecule has 0 saturated carbocycles. The summed E-state index contributed by atoms with van der Waals surface area (Å²) in [4.78, 5) is 8.98. The minimum Gasteiger partial charge on any atom is -0.370 e. The van der Waals surface area contributed by atoms with Crippen LogP contribution in [0.5, 0.6) is 0 Å². The van der Waals surface area contributed by atoms with Gasteiger partial charge >= 0.3 is 0 Å². The highest BCUT2D eigenvalue weighted by Crippen LogP contribution is 2.32. The Kier molecular flexibility index (Phi) is 2.91. The fourth-order valence-corrected chi connectivity index (χ4v) is 2.20. The van der Waals surface area contributed by atoms with E-state index in [-0.39, 0.29) is 0 Å². The molecule has 76 valence electrons. The predicted molar refractivity (Wildman–Crippen MR) is 61.0 cm³/mol. The van der Waals surface area contributed by atoms with Crippen molar-refractivity contribution < 1.29 is 0 Å². The van der Waals surface area contributed by atoms with E-state index < -0.39 is 0 Å². The average molecular weight is 209 g/mol. The molecule has 1 aromatic heterocycles. The van der Waals surface area contributed by atoms with E-state index in [0.717, 1.165) is 23.9 Å². The highest BCUT2D eigenvalue weighted by atomic mass is 32.2. The van der Waals surface area contributed by atoms with Crippen molar-refractivity contribution in [2.75, 3.05) is 23.4 Å². The van der Waals surface area contributed by atoms with E-state index in [1.54, 1.807) is 0 Å². The molecule has 0 radical (unpaired) electrons. The zero-order valence-electron chi connectivity index (χ0n) is 8.58. The van der Waals surface area contributed by atoms with Crippen LogP contribution in [-0.2, 0) is 0 Å². The summed E-state index contributed by atoms with van der Waals surface area (Å²) in [5.74, 6) is 4.91. The third kappa shape index (κ3) is 2.00. The molecule has 3 nitrogen and oxygen atoms in total. The van der Waals surface area contributed by atoms with Crippen LogP contribution in [0.3, 0.4) is 0 Å². The molecule has 0 spiro atoms. The third-order valence-corrected chi connectivity index (χ3v) is 3.51. The molecule has 1 N–H and O–H groups in total. The van der Waals surface area contributed by atoms with Crippen molar-refractivity contribution in [3.05, 3.63) is 17.6 Å². The van der Waals surface area contributed by atoms with Gasteiger partial charge in [-0.3, -0.25) is 0 Å². The van der Waals surface area contributed by atoms with Gasteiger partial charge in [-0.15, -0.1) is 0 Å². The number of rotatable bonds is 3. The van der Waals surface area contributed by atoms with Gasteiger partial charge in [0.05, 0.1) is 0 Å². The molecule has 1 aliphatic heterocycles. The summed E-state index contributed by atoms with van der Waals surface area (Å²) in [6.45, 7) is 5.02. The van der Waals surface area contributed by atoms with E-state index in [4.69, 9.17) is 0 Å². The second-order valence-electron chi connectivity index (χ2n) is 3.52. The van der Waals surface area contributed by atoms with Gasteiger partial charge < -0.3 is 5.32 Å². The number of nitrogens with zero attached hydrogens (tertiary/aromatic N) is 2. The smallest absolute Gasteiger partial charge is 0.135 e. The van der Waals surface area contributed by atoms with Crippen molar-refractivity contribution in [3.63, 3.8) is 0 Å². The van der Waals surface area contributed by atoms with Gasteiger partial charge in [0.1, 0.15) is 11.6 Å². The lowest BCUT2D eigenvalue weighted by Crippen LogP contribution is -2.19. The molecule has 14 heavy (non-hydrogen) atoms. The van der Waals surface area contributed by atoms with E-state index in [0.29, 0.717) is 5.92 Å². The Morgan fingerprint density at radius 3 is 2.86 bits per heavy atom. The molecule has 4 heteroatoms. The van der Waals surface area contributed by atoms with Crippen molar-refractivity contribution in [1.29, 1.82) is 0 Å². The fraction of sp³-hybridized carbons (Fsp3) is 0.600. The van der Waals surface area contributed by atoms with Gasteiger partial charge in [0.25, 0.3) is 0 Å². The molecule has 1 fully saturated rings. The second kappa shape index (κ2) is 4.17. The summed E-state index contributed by atoms with van der Waals surface area (Å²) in [5.41, 5.74) is 1.06. The fourth-order valence-electron chi connectivity index (χ4n) is 1.43. The molecule has 1 aliphatic rings. The number of aryl methyl sites for hydroxylation is 1. The quantitative estimate of drug-likeness (QED) is 0.826. The standard InChI is InChI=1S/C10H15N3S/c1-3-11-9-4-7(2)12-10(13-9)8-5-14-6-8/h4,8H,3,5-6H2,1-2H3,(H,11,12,13). The molecular weight excluding hydrogens is 194 g/mol. The van der Waals surface area contributed by atoms with E-state index >= 15 is 0 Å². The van der Waals surface area contributed by atoms with E-state index in [9.17, 15) is 0 Å². The maximum atomic E-state index is 4.51. The zero-order chi connectivity index (χ0) is 9.97. The topological polar surface area (TPSA) is 37.8 Å². The van der Waals surface area contributed by atoms with Crippen molar-refractivity contribution in [2.24, 2.45) is 0 Å².